The van der Waals surface area contributed by atoms with Gasteiger partial charge < -0.3 is 0 Å². The van der Waals surface area contributed by atoms with Crippen LogP contribution in [0.25, 0.3) is 55.8 Å². The molecule has 4 aliphatic rings. The van der Waals surface area contributed by atoms with Crippen molar-refractivity contribution in [2.45, 2.75) is 12.8 Å². The molecule has 0 saturated carbocycles. The molecule has 50 heavy (non-hydrogen) atoms. The summed E-state index contributed by atoms with van der Waals surface area (Å²) >= 11 is 0. The van der Waals surface area contributed by atoms with E-state index in [9.17, 15) is 0 Å². The zero-order valence-corrected chi connectivity index (χ0v) is 27.6. The summed E-state index contributed by atoms with van der Waals surface area (Å²) in [6.45, 7) is 0. The normalized spacial score (nSPS) is 19.0. The van der Waals surface area contributed by atoms with Crippen molar-refractivity contribution < 1.29 is 0 Å². The number of benzene rings is 5. The van der Waals surface area contributed by atoms with Crippen molar-refractivity contribution in [1.82, 2.24) is 9.97 Å². The highest BCUT2D eigenvalue weighted by Crippen LogP contribution is 2.55. The summed E-state index contributed by atoms with van der Waals surface area (Å²) in [7, 11) is 0. The minimum atomic E-state index is 0.322. The van der Waals surface area contributed by atoms with Crippen LogP contribution in [0.4, 0.5) is 0 Å². The fourth-order valence-corrected chi connectivity index (χ4v) is 8.44. The lowest BCUT2D eigenvalue weighted by atomic mass is 9.70. The van der Waals surface area contributed by atoms with Crippen LogP contribution >= 0.6 is 0 Å². The first-order chi connectivity index (χ1) is 24.8. The van der Waals surface area contributed by atoms with Gasteiger partial charge >= 0.3 is 0 Å². The number of rotatable bonds is 5. The van der Waals surface area contributed by atoms with Crippen LogP contribution in [-0.4, -0.2) is 9.97 Å². The molecule has 0 amide bonds. The van der Waals surface area contributed by atoms with Crippen LogP contribution in [0.3, 0.4) is 0 Å². The van der Waals surface area contributed by atoms with Gasteiger partial charge in [-0.1, -0.05) is 169 Å². The highest BCUT2D eigenvalue weighted by Gasteiger charge is 2.39. The molecule has 0 radical (unpaired) electrons. The largest absolute Gasteiger partial charge is 0.228 e. The Bertz CT molecular complexity index is 2440. The number of hydrogen-bond acceptors (Lipinski definition) is 2. The topological polar surface area (TPSA) is 25.8 Å². The molecular weight excluding hydrogens is 605 g/mol. The van der Waals surface area contributed by atoms with Crippen molar-refractivity contribution in [3.8, 4) is 33.9 Å². The molecule has 2 nitrogen and oxygen atoms in total. The van der Waals surface area contributed by atoms with Crippen LogP contribution < -0.4 is 0 Å². The maximum Gasteiger partial charge on any atom is 0.160 e. The molecule has 2 heteroatoms. The van der Waals surface area contributed by atoms with Crippen molar-refractivity contribution in [1.29, 1.82) is 0 Å². The first-order valence-corrected chi connectivity index (χ1v) is 17.6. The van der Waals surface area contributed by atoms with Gasteiger partial charge in [-0.05, 0) is 69.2 Å². The second-order valence-corrected chi connectivity index (χ2v) is 13.6. The molecule has 0 spiro atoms. The van der Waals surface area contributed by atoms with Crippen molar-refractivity contribution in [2.75, 3.05) is 0 Å². The summed E-state index contributed by atoms with van der Waals surface area (Å²) in [5.41, 5.74) is 16.5. The van der Waals surface area contributed by atoms with Gasteiger partial charge in [-0.25, -0.2) is 9.97 Å². The molecule has 10 rings (SSSR count). The Morgan fingerprint density at radius 3 is 1.98 bits per heavy atom. The van der Waals surface area contributed by atoms with Gasteiger partial charge in [-0.3, -0.25) is 0 Å². The SMILES string of the molecule is C1=CC2C(c3ccc(-c4cc(-c5ccccc5)nc(-c5ccccc5)n4)cc3)=CC3=C(CC4=C3C(c3cccc5ccccc35)=CC4)C2C=C1. The van der Waals surface area contributed by atoms with Gasteiger partial charge in [0, 0.05) is 28.5 Å². The van der Waals surface area contributed by atoms with E-state index < -0.39 is 0 Å². The molecule has 0 bridgehead atoms. The van der Waals surface area contributed by atoms with E-state index in [1.54, 1.807) is 11.1 Å². The van der Waals surface area contributed by atoms with E-state index in [2.05, 4.69) is 146 Å². The number of nitrogens with zero attached hydrogens (tertiary/aromatic N) is 2. The molecule has 0 aliphatic heterocycles. The molecule has 2 unspecified atom stereocenters. The number of aromatic nitrogens is 2. The summed E-state index contributed by atoms with van der Waals surface area (Å²) < 4.78 is 0. The van der Waals surface area contributed by atoms with Gasteiger partial charge in [0.1, 0.15) is 0 Å². The van der Waals surface area contributed by atoms with E-state index in [0.29, 0.717) is 11.8 Å². The van der Waals surface area contributed by atoms with Crippen LogP contribution in [0.2, 0.25) is 0 Å². The highest BCUT2D eigenvalue weighted by molar-refractivity contribution is 6.02. The highest BCUT2D eigenvalue weighted by atomic mass is 14.9. The first-order valence-electron chi connectivity index (χ1n) is 17.6. The fraction of sp³-hybridized carbons (Fsp3) is 0.0833. The standard InChI is InChI=1S/C48H34N2/c1-3-13-33(14-4-1)45-30-46(50-48(49-45)35-15-5-2-6-16-35)34-24-22-32(23-25-34)42-29-44-43(40-20-10-9-19-39(40)42)28-36-26-27-41(47(36)44)38-21-11-17-31-12-7-8-18-37(31)38/h1-25,27,29-30,39-40H,26,28H2. The minimum absolute atomic E-state index is 0.322. The summed E-state index contributed by atoms with van der Waals surface area (Å²) in [5.74, 6) is 1.43. The molecule has 1 heterocycles. The van der Waals surface area contributed by atoms with Crippen LogP contribution in [0.15, 0.2) is 192 Å². The second-order valence-electron chi connectivity index (χ2n) is 13.6. The summed E-state index contributed by atoms with van der Waals surface area (Å²) in [6.07, 6.45) is 16.4. The predicted molar refractivity (Wildman–Crippen MR) is 207 cm³/mol. The molecule has 5 aromatic carbocycles. The predicted octanol–water partition coefficient (Wildman–Crippen LogP) is 11.9. The van der Waals surface area contributed by atoms with Gasteiger partial charge in [0.25, 0.3) is 0 Å². The average molecular weight is 639 g/mol. The molecule has 6 aromatic rings. The Morgan fingerprint density at radius 1 is 0.560 bits per heavy atom. The molecule has 1 aromatic heterocycles. The lowest BCUT2D eigenvalue weighted by molar-refractivity contribution is 0.623. The zero-order chi connectivity index (χ0) is 33.0. The van der Waals surface area contributed by atoms with Gasteiger partial charge in [-0.2, -0.15) is 0 Å². The second kappa shape index (κ2) is 11.8. The first kappa shape index (κ1) is 28.9. The van der Waals surface area contributed by atoms with E-state index >= 15 is 0 Å². The third-order valence-corrected chi connectivity index (χ3v) is 10.8. The Labute approximate surface area is 292 Å². The van der Waals surface area contributed by atoms with E-state index in [-0.39, 0.29) is 0 Å². The van der Waals surface area contributed by atoms with Crippen LogP contribution in [0.5, 0.6) is 0 Å². The summed E-state index contributed by atoms with van der Waals surface area (Å²) in [5, 5.41) is 2.62. The van der Waals surface area contributed by atoms with E-state index in [4.69, 9.17) is 9.97 Å². The Morgan fingerprint density at radius 2 is 1.20 bits per heavy atom. The molecular formula is C48H34N2. The Kier molecular flexibility index (Phi) is 6.80. The van der Waals surface area contributed by atoms with E-state index in [1.807, 2.05) is 24.3 Å². The summed E-state index contributed by atoms with van der Waals surface area (Å²) in [4.78, 5) is 10.1. The number of hydrogen-bond donors (Lipinski definition) is 0. The zero-order valence-electron chi connectivity index (χ0n) is 27.6. The number of fused-ring (bicyclic) bond motifs is 4. The van der Waals surface area contributed by atoms with Crippen LogP contribution in [0, 0.1) is 11.8 Å². The molecule has 4 aliphatic carbocycles. The third-order valence-electron chi connectivity index (χ3n) is 10.8. The van der Waals surface area contributed by atoms with Gasteiger partial charge in [-0.15, -0.1) is 0 Å². The Hall–Kier alpha value is -6.12. The smallest absolute Gasteiger partial charge is 0.160 e. The molecule has 2 atom stereocenters. The third kappa shape index (κ3) is 4.79. The summed E-state index contributed by atoms with van der Waals surface area (Å²) in [6, 6.07) is 47.4. The molecule has 0 N–H and O–H groups in total. The van der Waals surface area contributed by atoms with Gasteiger partial charge in [0.2, 0.25) is 0 Å². The van der Waals surface area contributed by atoms with Gasteiger partial charge in [0.05, 0.1) is 11.4 Å². The van der Waals surface area contributed by atoms with Crippen LogP contribution in [0.1, 0.15) is 24.0 Å². The van der Waals surface area contributed by atoms with Crippen LogP contribution in [-0.2, 0) is 0 Å². The molecule has 236 valence electrons. The maximum absolute atomic E-state index is 5.08. The molecule has 0 saturated heterocycles. The molecule has 0 fully saturated rings. The van der Waals surface area contributed by atoms with Crippen molar-refractivity contribution >= 4 is 21.9 Å². The number of allylic oxidation sites excluding steroid dienone is 12. The lowest BCUT2D eigenvalue weighted by Gasteiger charge is -2.33. The minimum Gasteiger partial charge on any atom is -0.228 e. The fourth-order valence-electron chi connectivity index (χ4n) is 8.44. The maximum atomic E-state index is 5.08. The van der Waals surface area contributed by atoms with Crippen molar-refractivity contribution in [3.05, 3.63) is 203 Å². The Balaban J connectivity index is 1.05. The van der Waals surface area contributed by atoms with Gasteiger partial charge in [0.15, 0.2) is 5.82 Å². The van der Waals surface area contributed by atoms with Crippen molar-refractivity contribution in [3.63, 3.8) is 0 Å². The quantitative estimate of drug-likeness (QED) is 0.188. The van der Waals surface area contributed by atoms with E-state index in [1.165, 1.54) is 44.2 Å². The monoisotopic (exact) mass is 638 g/mol. The van der Waals surface area contributed by atoms with E-state index in [0.717, 1.165) is 46.7 Å². The average Bonchev–Trinajstić information content (AvgIpc) is 3.78. The lowest BCUT2D eigenvalue weighted by Crippen LogP contribution is -2.21. The van der Waals surface area contributed by atoms with Crippen molar-refractivity contribution in [2.24, 2.45) is 11.8 Å².